The molecular weight excluding hydrogens is 412 g/mol. The number of allylic oxidation sites excluding steroid dienone is 1. The lowest BCUT2D eigenvalue weighted by molar-refractivity contribution is 0.104. The van der Waals surface area contributed by atoms with E-state index in [2.05, 4.69) is 19.6 Å². The average Bonchev–Trinajstić information content (AvgIpc) is 2.71. The van der Waals surface area contributed by atoms with Crippen molar-refractivity contribution < 1.29 is 19.0 Å². The van der Waals surface area contributed by atoms with Gasteiger partial charge in [0.25, 0.3) is 0 Å². The van der Waals surface area contributed by atoms with E-state index in [1.807, 2.05) is 53.7 Å². The zero-order valence-electron chi connectivity index (χ0n) is 21.2. The zero-order chi connectivity index (χ0) is 24.6. The lowest BCUT2D eigenvalue weighted by Gasteiger charge is -2.27. The van der Waals surface area contributed by atoms with E-state index >= 15 is 0 Å². The van der Waals surface area contributed by atoms with Crippen LogP contribution in [0.15, 0.2) is 55.1 Å². The fraction of sp³-hybridized carbons (Fsp3) is 0.414. The maximum absolute atomic E-state index is 12.8. The second-order valence-electron chi connectivity index (χ2n) is 10.00. The van der Waals surface area contributed by atoms with E-state index in [0.717, 1.165) is 29.7 Å². The molecule has 2 aromatic carbocycles. The Morgan fingerprint density at radius 3 is 2.09 bits per heavy atom. The first-order chi connectivity index (χ1) is 15.4. The van der Waals surface area contributed by atoms with Gasteiger partial charge >= 0.3 is 0 Å². The highest BCUT2D eigenvalue weighted by atomic mass is 16.5. The number of rotatable bonds is 10. The van der Waals surface area contributed by atoms with Crippen LogP contribution in [0.4, 0.5) is 0 Å². The van der Waals surface area contributed by atoms with Gasteiger partial charge in [-0.3, -0.25) is 4.79 Å². The number of ether oxygens (including phenoxy) is 3. The summed E-state index contributed by atoms with van der Waals surface area (Å²) in [5, 5.41) is 0. The van der Waals surface area contributed by atoms with E-state index < -0.39 is 0 Å². The number of carbonyl (C=O) groups is 1. The quantitative estimate of drug-likeness (QED) is 0.214. The SMILES string of the molecule is C=CCOc1ccc(C(=O)/C=C/c2cc(CCC)c(OC(C)(C)C)cc2OC(C)(C)C)cc1. The summed E-state index contributed by atoms with van der Waals surface area (Å²) < 4.78 is 18.0. The fourth-order valence-corrected chi connectivity index (χ4v) is 3.20. The van der Waals surface area contributed by atoms with Crippen LogP contribution in [0.1, 0.15) is 76.4 Å². The molecule has 4 heteroatoms. The molecule has 0 heterocycles. The molecule has 0 atom stereocenters. The summed E-state index contributed by atoms with van der Waals surface area (Å²) in [7, 11) is 0. The molecule has 0 saturated carbocycles. The Morgan fingerprint density at radius 2 is 1.55 bits per heavy atom. The Bertz CT molecular complexity index is 970. The first-order valence-corrected chi connectivity index (χ1v) is 11.5. The van der Waals surface area contributed by atoms with Crippen LogP contribution >= 0.6 is 0 Å². The number of aryl methyl sites for hydroxylation is 1. The Labute approximate surface area is 199 Å². The molecule has 0 aromatic heterocycles. The Morgan fingerprint density at radius 1 is 0.939 bits per heavy atom. The number of hydrogen-bond acceptors (Lipinski definition) is 4. The molecule has 2 aromatic rings. The van der Waals surface area contributed by atoms with E-state index in [4.69, 9.17) is 14.2 Å². The van der Waals surface area contributed by atoms with Gasteiger partial charge in [0.1, 0.15) is 35.1 Å². The predicted molar refractivity (Wildman–Crippen MR) is 137 cm³/mol. The highest BCUT2D eigenvalue weighted by molar-refractivity contribution is 6.07. The van der Waals surface area contributed by atoms with E-state index in [0.29, 0.717) is 23.7 Å². The van der Waals surface area contributed by atoms with Crippen molar-refractivity contribution in [2.45, 2.75) is 72.5 Å². The molecule has 0 N–H and O–H groups in total. The van der Waals surface area contributed by atoms with Crippen molar-refractivity contribution in [2.24, 2.45) is 0 Å². The van der Waals surface area contributed by atoms with Gasteiger partial charge in [-0.2, -0.15) is 0 Å². The molecule has 0 spiro atoms. The van der Waals surface area contributed by atoms with Crippen molar-refractivity contribution in [3.63, 3.8) is 0 Å². The summed E-state index contributed by atoms with van der Waals surface area (Å²) in [6.45, 7) is 18.3. The van der Waals surface area contributed by atoms with Crippen LogP contribution in [0.3, 0.4) is 0 Å². The van der Waals surface area contributed by atoms with Gasteiger partial charge in [-0.25, -0.2) is 0 Å². The molecule has 0 radical (unpaired) electrons. The Hall–Kier alpha value is -3.01. The minimum Gasteiger partial charge on any atom is -0.490 e. The molecule has 0 aliphatic rings. The lowest BCUT2D eigenvalue weighted by atomic mass is 10.0. The van der Waals surface area contributed by atoms with E-state index in [1.54, 1.807) is 36.4 Å². The van der Waals surface area contributed by atoms with Crippen molar-refractivity contribution in [3.05, 3.63) is 71.8 Å². The van der Waals surface area contributed by atoms with Crippen LogP contribution in [-0.2, 0) is 6.42 Å². The molecule has 178 valence electrons. The van der Waals surface area contributed by atoms with Gasteiger partial charge < -0.3 is 14.2 Å². The Balaban J connectivity index is 2.39. The van der Waals surface area contributed by atoms with Gasteiger partial charge in [-0.15, -0.1) is 0 Å². The van der Waals surface area contributed by atoms with E-state index in [1.165, 1.54) is 0 Å². The normalized spacial score (nSPS) is 12.0. The summed E-state index contributed by atoms with van der Waals surface area (Å²) in [5.41, 5.74) is 1.84. The topological polar surface area (TPSA) is 44.8 Å². The van der Waals surface area contributed by atoms with Crippen molar-refractivity contribution in [1.82, 2.24) is 0 Å². The van der Waals surface area contributed by atoms with Crippen molar-refractivity contribution in [3.8, 4) is 17.2 Å². The van der Waals surface area contributed by atoms with Crippen LogP contribution in [0.5, 0.6) is 17.2 Å². The summed E-state index contributed by atoms with van der Waals surface area (Å²) in [6.07, 6.45) is 6.96. The molecule has 2 rings (SSSR count). The molecule has 0 fully saturated rings. The minimum atomic E-state index is -0.390. The summed E-state index contributed by atoms with van der Waals surface area (Å²) in [5.74, 6) is 2.13. The van der Waals surface area contributed by atoms with Crippen molar-refractivity contribution in [1.29, 1.82) is 0 Å². The third kappa shape index (κ3) is 8.80. The van der Waals surface area contributed by atoms with Gasteiger partial charge in [-0.05, 0) is 96.0 Å². The van der Waals surface area contributed by atoms with E-state index in [9.17, 15) is 4.79 Å². The highest BCUT2D eigenvalue weighted by Crippen LogP contribution is 2.35. The highest BCUT2D eigenvalue weighted by Gasteiger charge is 2.20. The second-order valence-corrected chi connectivity index (χ2v) is 10.00. The van der Waals surface area contributed by atoms with Crippen molar-refractivity contribution >= 4 is 11.9 Å². The first kappa shape index (κ1) is 26.2. The second kappa shape index (κ2) is 11.2. The summed E-state index contributed by atoms with van der Waals surface area (Å²) in [6, 6.07) is 11.1. The minimum absolute atomic E-state index is 0.0842. The largest absolute Gasteiger partial charge is 0.490 e. The van der Waals surface area contributed by atoms with E-state index in [-0.39, 0.29) is 17.0 Å². The Kier molecular flexibility index (Phi) is 8.92. The van der Waals surface area contributed by atoms with Crippen LogP contribution in [-0.4, -0.2) is 23.6 Å². The number of benzene rings is 2. The first-order valence-electron chi connectivity index (χ1n) is 11.5. The molecule has 0 bridgehead atoms. The van der Waals surface area contributed by atoms with Crippen molar-refractivity contribution in [2.75, 3.05) is 6.61 Å². The maximum Gasteiger partial charge on any atom is 0.185 e. The maximum atomic E-state index is 12.8. The standard InChI is InChI=1S/C29H38O4/c1-9-11-22-19-23(27(33-29(6,7)8)20-26(22)32-28(3,4)5)14-17-25(30)21-12-15-24(16-13-21)31-18-10-2/h10,12-17,19-20H,2,9,11,18H2,1,3-8H3/b17-14+. The molecule has 0 aliphatic carbocycles. The summed E-state index contributed by atoms with van der Waals surface area (Å²) >= 11 is 0. The fourth-order valence-electron chi connectivity index (χ4n) is 3.20. The van der Waals surface area contributed by atoms with Gasteiger partial charge in [0, 0.05) is 17.2 Å². The molecule has 0 aliphatic heterocycles. The van der Waals surface area contributed by atoms with Gasteiger partial charge in [0.05, 0.1) is 0 Å². The molecule has 33 heavy (non-hydrogen) atoms. The van der Waals surface area contributed by atoms with Crippen LogP contribution in [0, 0.1) is 0 Å². The molecule has 4 nitrogen and oxygen atoms in total. The number of hydrogen-bond donors (Lipinski definition) is 0. The van der Waals surface area contributed by atoms with Crippen LogP contribution < -0.4 is 14.2 Å². The van der Waals surface area contributed by atoms with Gasteiger partial charge in [0.15, 0.2) is 5.78 Å². The van der Waals surface area contributed by atoms with Crippen LogP contribution in [0.2, 0.25) is 0 Å². The average molecular weight is 451 g/mol. The molecule has 0 saturated heterocycles. The third-order valence-corrected chi connectivity index (χ3v) is 4.47. The molecule has 0 unspecified atom stereocenters. The van der Waals surface area contributed by atoms with Gasteiger partial charge in [0.2, 0.25) is 0 Å². The molecular formula is C29H38O4. The third-order valence-electron chi connectivity index (χ3n) is 4.47. The zero-order valence-corrected chi connectivity index (χ0v) is 21.2. The van der Waals surface area contributed by atoms with Crippen LogP contribution in [0.25, 0.3) is 6.08 Å². The smallest absolute Gasteiger partial charge is 0.185 e. The number of ketones is 1. The van der Waals surface area contributed by atoms with Gasteiger partial charge in [-0.1, -0.05) is 26.0 Å². The monoisotopic (exact) mass is 450 g/mol. The molecule has 0 amide bonds. The summed E-state index contributed by atoms with van der Waals surface area (Å²) in [4.78, 5) is 12.8. The predicted octanol–water partition coefficient (Wildman–Crippen LogP) is 7.45. The lowest BCUT2D eigenvalue weighted by Crippen LogP contribution is -2.25. The number of carbonyl (C=O) groups excluding carboxylic acids is 1.